The minimum Gasteiger partial charge on any atom is -0.362 e. The number of alkyl halides is 3. The molecule has 1 aliphatic rings. The third kappa shape index (κ3) is 4.81. The number of ether oxygens (including phenoxy) is 1. The first-order valence-electron chi connectivity index (χ1n) is 4.53. The van der Waals surface area contributed by atoms with Crippen molar-refractivity contribution in [2.24, 2.45) is 0 Å². The molecule has 9 heteroatoms. The SMILES string of the molecule is O=C1CN(C(=O)COCC(F)(F)F)CC(=O)N1. The van der Waals surface area contributed by atoms with Gasteiger partial charge in [0.15, 0.2) is 0 Å². The highest BCUT2D eigenvalue weighted by molar-refractivity contribution is 6.02. The Hall–Kier alpha value is -1.64. The fraction of sp³-hybridized carbons (Fsp3) is 0.625. The van der Waals surface area contributed by atoms with E-state index in [0.29, 0.717) is 0 Å². The molecule has 0 aromatic heterocycles. The van der Waals surface area contributed by atoms with Gasteiger partial charge in [-0.05, 0) is 0 Å². The van der Waals surface area contributed by atoms with Gasteiger partial charge < -0.3 is 9.64 Å². The van der Waals surface area contributed by atoms with Gasteiger partial charge in [0.05, 0.1) is 0 Å². The van der Waals surface area contributed by atoms with Gasteiger partial charge in [0.2, 0.25) is 17.7 Å². The van der Waals surface area contributed by atoms with Crippen LogP contribution in [0.15, 0.2) is 0 Å². The van der Waals surface area contributed by atoms with Gasteiger partial charge in [0.1, 0.15) is 26.3 Å². The van der Waals surface area contributed by atoms with Gasteiger partial charge >= 0.3 is 6.18 Å². The minimum absolute atomic E-state index is 0.361. The normalized spacial score (nSPS) is 17.0. The Bertz CT molecular complexity index is 326. The van der Waals surface area contributed by atoms with Crippen LogP contribution >= 0.6 is 0 Å². The van der Waals surface area contributed by atoms with Crippen molar-refractivity contribution < 1.29 is 32.3 Å². The number of carbonyl (C=O) groups excluding carboxylic acids is 3. The van der Waals surface area contributed by atoms with Gasteiger partial charge in [-0.25, -0.2) is 0 Å². The van der Waals surface area contributed by atoms with E-state index in [-0.39, 0.29) is 13.1 Å². The number of rotatable bonds is 3. The number of nitrogens with one attached hydrogen (secondary N) is 1. The molecule has 0 spiro atoms. The van der Waals surface area contributed by atoms with Crippen molar-refractivity contribution >= 4 is 17.7 Å². The van der Waals surface area contributed by atoms with Crippen LogP contribution in [0, 0.1) is 0 Å². The molecule has 1 aliphatic heterocycles. The predicted octanol–water partition coefficient (Wildman–Crippen LogP) is -0.950. The molecule has 1 heterocycles. The molecule has 0 aliphatic carbocycles. The Morgan fingerprint density at radius 1 is 1.29 bits per heavy atom. The van der Waals surface area contributed by atoms with Gasteiger partial charge in [0, 0.05) is 0 Å². The van der Waals surface area contributed by atoms with Gasteiger partial charge in [-0.2, -0.15) is 13.2 Å². The number of imide groups is 1. The van der Waals surface area contributed by atoms with Gasteiger partial charge in [-0.15, -0.1) is 0 Å². The highest BCUT2D eigenvalue weighted by atomic mass is 19.4. The second kappa shape index (κ2) is 5.13. The van der Waals surface area contributed by atoms with E-state index in [1.807, 2.05) is 5.32 Å². The van der Waals surface area contributed by atoms with Crippen molar-refractivity contribution in [3.8, 4) is 0 Å². The lowest BCUT2D eigenvalue weighted by Crippen LogP contribution is -2.54. The molecule has 17 heavy (non-hydrogen) atoms. The molecule has 0 atom stereocenters. The van der Waals surface area contributed by atoms with E-state index in [0.717, 1.165) is 4.90 Å². The minimum atomic E-state index is -4.52. The van der Waals surface area contributed by atoms with Crippen molar-refractivity contribution in [2.45, 2.75) is 6.18 Å². The van der Waals surface area contributed by atoms with E-state index in [1.165, 1.54) is 0 Å². The third-order valence-electron chi connectivity index (χ3n) is 1.79. The van der Waals surface area contributed by atoms with Crippen LogP contribution in [-0.4, -0.2) is 55.1 Å². The first-order chi connectivity index (χ1) is 7.78. The number of carbonyl (C=O) groups is 3. The van der Waals surface area contributed by atoms with Gasteiger partial charge in [-0.1, -0.05) is 0 Å². The Morgan fingerprint density at radius 2 is 1.82 bits per heavy atom. The summed E-state index contributed by atoms with van der Waals surface area (Å²) in [5.74, 6) is -2.19. The average Bonchev–Trinajstić information content (AvgIpc) is 2.13. The molecule has 0 aromatic carbocycles. The van der Waals surface area contributed by atoms with Crippen molar-refractivity contribution in [3.63, 3.8) is 0 Å². The molecule has 0 aromatic rings. The summed E-state index contributed by atoms with van der Waals surface area (Å²) in [5, 5.41) is 1.95. The fourth-order valence-corrected chi connectivity index (χ4v) is 1.16. The summed E-state index contributed by atoms with van der Waals surface area (Å²) >= 11 is 0. The lowest BCUT2D eigenvalue weighted by atomic mass is 10.3. The number of amides is 3. The summed E-state index contributed by atoms with van der Waals surface area (Å²) in [5.41, 5.74) is 0. The number of nitrogens with zero attached hydrogens (tertiary/aromatic N) is 1. The highest BCUT2D eigenvalue weighted by Crippen LogP contribution is 2.14. The second-order valence-electron chi connectivity index (χ2n) is 3.33. The van der Waals surface area contributed by atoms with Crippen LogP contribution in [0.4, 0.5) is 13.2 Å². The molecular formula is C8H9F3N2O4. The molecule has 6 nitrogen and oxygen atoms in total. The fourth-order valence-electron chi connectivity index (χ4n) is 1.16. The van der Waals surface area contributed by atoms with Crippen LogP contribution in [0.3, 0.4) is 0 Å². The van der Waals surface area contributed by atoms with Gasteiger partial charge in [0.25, 0.3) is 0 Å². The first kappa shape index (κ1) is 13.4. The summed E-state index contributed by atoms with van der Waals surface area (Å²) in [6, 6.07) is 0. The van der Waals surface area contributed by atoms with Crippen LogP contribution in [0.5, 0.6) is 0 Å². The highest BCUT2D eigenvalue weighted by Gasteiger charge is 2.30. The molecule has 1 N–H and O–H groups in total. The van der Waals surface area contributed by atoms with E-state index in [9.17, 15) is 27.6 Å². The van der Waals surface area contributed by atoms with Crippen LogP contribution in [-0.2, 0) is 19.1 Å². The van der Waals surface area contributed by atoms with Crippen molar-refractivity contribution in [2.75, 3.05) is 26.3 Å². The summed E-state index contributed by atoms with van der Waals surface area (Å²) in [7, 11) is 0. The first-order valence-corrected chi connectivity index (χ1v) is 4.53. The maximum absolute atomic E-state index is 11.7. The zero-order valence-corrected chi connectivity index (χ0v) is 8.54. The van der Waals surface area contributed by atoms with Crippen molar-refractivity contribution in [1.29, 1.82) is 0 Å². The Morgan fingerprint density at radius 3 is 2.29 bits per heavy atom. The standard InChI is InChI=1S/C8H9F3N2O4/c9-8(10,11)4-17-3-7(16)13-1-5(14)12-6(15)2-13/h1-4H2,(H,12,14,15). The summed E-state index contributed by atoms with van der Waals surface area (Å²) < 4.78 is 39.2. The average molecular weight is 254 g/mol. The zero-order valence-electron chi connectivity index (χ0n) is 8.54. The molecule has 1 fully saturated rings. The molecule has 0 saturated carbocycles. The molecule has 3 amide bonds. The predicted molar refractivity (Wildman–Crippen MR) is 46.6 cm³/mol. The molecule has 0 bridgehead atoms. The second-order valence-corrected chi connectivity index (χ2v) is 3.33. The molecule has 1 rings (SSSR count). The summed E-state index contributed by atoms with van der Waals surface area (Å²) in [6.07, 6.45) is -4.52. The number of piperazine rings is 1. The Labute approximate surface area is 93.7 Å². The van der Waals surface area contributed by atoms with Gasteiger partial charge in [-0.3, -0.25) is 19.7 Å². The summed E-state index contributed by atoms with van der Waals surface area (Å²) in [4.78, 5) is 33.9. The quantitative estimate of drug-likeness (QED) is 0.659. The van der Waals surface area contributed by atoms with Crippen LogP contribution in [0.1, 0.15) is 0 Å². The smallest absolute Gasteiger partial charge is 0.362 e. The lowest BCUT2D eigenvalue weighted by molar-refractivity contribution is -0.178. The van der Waals surface area contributed by atoms with Crippen LogP contribution < -0.4 is 5.32 Å². The van der Waals surface area contributed by atoms with Crippen LogP contribution in [0.2, 0.25) is 0 Å². The largest absolute Gasteiger partial charge is 0.411 e. The van der Waals surface area contributed by atoms with E-state index in [4.69, 9.17) is 0 Å². The molecule has 0 radical (unpaired) electrons. The maximum atomic E-state index is 11.7. The third-order valence-corrected chi connectivity index (χ3v) is 1.79. The zero-order chi connectivity index (χ0) is 13.1. The number of hydrogen-bond donors (Lipinski definition) is 1. The Balaban J connectivity index is 2.37. The molecule has 96 valence electrons. The van der Waals surface area contributed by atoms with Crippen LogP contribution in [0.25, 0.3) is 0 Å². The number of halogens is 3. The topological polar surface area (TPSA) is 75.7 Å². The Kier molecular flexibility index (Phi) is 4.05. The molecular weight excluding hydrogens is 245 g/mol. The molecule has 1 saturated heterocycles. The van der Waals surface area contributed by atoms with E-state index < -0.39 is 37.1 Å². The lowest BCUT2D eigenvalue weighted by Gasteiger charge is -2.25. The molecule has 0 unspecified atom stereocenters. The van der Waals surface area contributed by atoms with E-state index >= 15 is 0 Å². The summed E-state index contributed by atoms with van der Waals surface area (Å²) in [6.45, 7) is -3.09. The number of hydrogen-bond acceptors (Lipinski definition) is 4. The monoisotopic (exact) mass is 254 g/mol. The maximum Gasteiger partial charge on any atom is 0.411 e. The van der Waals surface area contributed by atoms with E-state index in [1.54, 1.807) is 0 Å². The van der Waals surface area contributed by atoms with Crippen molar-refractivity contribution in [1.82, 2.24) is 10.2 Å². The van der Waals surface area contributed by atoms with E-state index in [2.05, 4.69) is 4.74 Å². The van der Waals surface area contributed by atoms with Crippen molar-refractivity contribution in [3.05, 3.63) is 0 Å².